The third kappa shape index (κ3) is 1.13. The lowest BCUT2D eigenvalue weighted by molar-refractivity contribution is -0.212. The molecule has 16 heavy (non-hydrogen) atoms. The maximum absolute atomic E-state index is 14.2. The fourth-order valence-corrected chi connectivity index (χ4v) is 4.80. The second-order valence-electron chi connectivity index (χ2n) is 6.23. The Kier molecular flexibility index (Phi) is 2.18. The van der Waals surface area contributed by atoms with Crippen LogP contribution >= 0.6 is 0 Å². The first kappa shape index (κ1) is 10.9. The van der Waals surface area contributed by atoms with E-state index in [4.69, 9.17) is 0 Å². The van der Waals surface area contributed by atoms with Crippen molar-refractivity contribution in [3.05, 3.63) is 0 Å². The highest BCUT2D eigenvalue weighted by Crippen LogP contribution is 2.61. The highest BCUT2D eigenvalue weighted by atomic mass is 19.3. The summed E-state index contributed by atoms with van der Waals surface area (Å²) in [6.45, 7) is 4.94. The largest absolute Gasteiger partial charge is 0.303 e. The standard InChI is InChI=1S/C13H21F2N/c1-7-9-4-5-11(13(7,14)15)12-8(2)16(3)6-10(9)12/h7-12H,4-6H2,1-3H3/t7?,8-,9?,10?,11+,12?/m1/s1. The number of hydrogen-bond donors (Lipinski definition) is 0. The Balaban J connectivity index is 1.99. The fraction of sp³-hybridized carbons (Fsp3) is 1.00. The molecule has 0 N–H and O–H groups in total. The number of hydrogen-bond acceptors (Lipinski definition) is 1. The summed E-state index contributed by atoms with van der Waals surface area (Å²) in [5.74, 6) is -2.12. The van der Waals surface area contributed by atoms with E-state index in [-0.39, 0.29) is 17.8 Å². The quantitative estimate of drug-likeness (QED) is 0.617. The van der Waals surface area contributed by atoms with E-state index < -0.39 is 11.8 Å². The zero-order valence-corrected chi connectivity index (χ0v) is 10.3. The van der Waals surface area contributed by atoms with E-state index in [2.05, 4.69) is 18.9 Å². The summed E-state index contributed by atoms with van der Waals surface area (Å²) >= 11 is 0. The number of halogens is 2. The van der Waals surface area contributed by atoms with E-state index in [1.807, 2.05) is 0 Å². The summed E-state index contributed by atoms with van der Waals surface area (Å²) in [7, 11) is 2.09. The van der Waals surface area contributed by atoms with Crippen LogP contribution in [0.5, 0.6) is 0 Å². The summed E-state index contributed by atoms with van der Waals surface area (Å²) in [5.41, 5.74) is 0. The zero-order chi connectivity index (χ0) is 11.7. The number of likely N-dealkylation sites (tertiary alicyclic amines) is 1. The van der Waals surface area contributed by atoms with Gasteiger partial charge in [0.25, 0.3) is 5.92 Å². The Morgan fingerprint density at radius 3 is 2.50 bits per heavy atom. The van der Waals surface area contributed by atoms with Gasteiger partial charge < -0.3 is 4.90 Å². The average molecular weight is 229 g/mol. The van der Waals surface area contributed by atoms with Crippen molar-refractivity contribution < 1.29 is 8.78 Å². The topological polar surface area (TPSA) is 3.24 Å². The molecule has 92 valence electrons. The zero-order valence-electron chi connectivity index (χ0n) is 10.3. The second kappa shape index (κ2) is 3.18. The minimum absolute atomic E-state index is 0.245. The van der Waals surface area contributed by atoms with Crippen molar-refractivity contribution >= 4 is 0 Å². The van der Waals surface area contributed by atoms with Crippen LogP contribution in [0.3, 0.4) is 0 Å². The van der Waals surface area contributed by atoms with Crippen LogP contribution in [0.15, 0.2) is 0 Å². The molecular weight excluding hydrogens is 208 g/mol. The molecule has 1 saturated heterocycles. The first-order valence-electron chi connectivity index (χ1n) is 6.52. The van der Waals surface area contributed by atoms with Gasteiger partial charge in [-0.3, -0.25) is 0 Å². The van der Waals surface area contributed by atoms with Gasteiger partial charge in [0.1, 0.15) is 0 Å². The predicted molar refractivity (Wildman–Crippen MR) is 59.4 cm³/mol. The van der Waals surface area contributed by atoms with Gasteiger partial charge in [-0.1, -0.05) is 6.92 Å². The molecule has 1 nitrogen and oxygen atoms in total. The predicted octanol–water partition coefficient (Wildman–Crippen LogP) is 2.86. The normalized spacial score (nSPS) is 55.3. The van der Waals surface area contributed by atoms with Crippen molar-refractivity contribution in [3.63, 3.8) is 0 Å². The molecule has 0 amide bonds. The third-order valence-corrected chi connectivity index (χ3v) is 5.81. The summed E-state index contributed by atoms with van der Waals surface area (Å²) in [6.07, 6.45) is 1.78. The number of alkyl halides is 2. The van der Waals surface area contributed by atoms with Gasteiger partial charge in [0.2, 0.25) is 0 Å². The van der Waals surface area contributed by atoms with E-state index in [1.165, 1.54) is 0 Å². The van der Waals surface area contributed by atoms with Gasteiger partial charge in [0, 0.05) is 24.4 Å². The molecule has 2 bridgehead atoms. The van der Waals surface area contributed by atoms with Crippen LogP contribution in [0.4, 0.5) is 8.78 Å². The van der Waals surface area contributed by atoms with Crippen molar-refractivity contribution in [3.8, 4) is 0 Å². The molecule has 3 aliphatic carbocycles. The molecule has 0 aromatic rings. The molecule has 1 aliphatic heterocycles. The molecule has 6 atom stereocenters. The van der Waals surface area contributed by atoms with Crippen LogP contribution in [0.25, 0.3) is 0 Å². The molecule has 3 saturated carbocycles. The van der Waals surface area contributed by atoms with Crippen LogP contribution < -0.4 is 0 Å². The van der Waals surface area contributed by atoms with Crippen molar-refractivity contribution in [1.82, 2.24) is 4.90 Å². The maximum Gasteiger partial charge on any atom is 0.254 e. The van der Waals surface area contributed by atoms with Gasteiger partial charge in [-0.2, -0.15) is 0 Å². The second-order valence-corrected chi connectivity index (χ2v) is 6.23. The van der Waals surface area contributed by atoms with Crippen LogP contribution in [-0.4, -0.2) is 30.5 Å². The number of nitrogens with zero attached hydrogens (tertiary/aromatic N) is 1. The van der Waals surface area contributed by atoms with E-state index >= 15 is 0 Å². The molecule has 4 rings (SSSR count). The van der Waals surface area contributed by atoms with Gasteiger partial charge in [-0.25, -0.2) is 8.78 Å². The lowest BCUT2D eigenvalue weighted by Gasteiger charge is -2.54. The van der Waals surface area contributed by atoms with Crippen molar-refractivity contribution in [1.29, 1.82) is 0 Å². The van der Waals surface area contributed by atoms with Crippen LogP contribution in [-0.2, 0) is 0 Å². The van der Waals surface area contributed by atoms with Crippen LogP contribution in [0.1, 0.15) is 26.7 Å². The lowest BCUT2D eigenvalue weighted by atomic mass is 9.53. The van der Waals surface area contributed by atoms with Gasteiger partial charge in [-0.05, 0) is 44.6 Å². The molecule has 0 aromatic carbocycles. The lowest BCUT2D eigenvalue weighted by Crippen LogP contribution is -2.57. The maximum atomic E-state index is 14.2. The molecule has 4 aliphatic rings. The van der Waals surface area contributed by atoms with Gasteiger partial charge in [-0.15, -0.1) is 0 Å². The Bertz CT molecular complexity index is 304. The molecule has 4 unspecified atom stereocenters. The molecule has 1 heterocycles. The molecule has 0 aromatic heterocycles. The monoisotopic (exact) mass is 229 g/mol. The Morgan fingerprint density at radius 1 is 1.12 bits per heavy atom. The minimum Gasteiger partial charge on any atom is -0.303 e. The van der Waals surface area contributed by atoms with Gasteiger partial charge in [0.05, 0.1) is 0 Å². The Labute approximate surface area is 96.2 Å². The fourth-order valence-electron chi connectivity index (χ4n) is 4.80. The summed E-state index contributed by atoms with van der Waals surface area (Å²) in [5, 5.41) is 0. The average Bonchev–Trinajstić information content (AvgIpc) is 2.52. The van der Waals surface area contributed by atoms with Crippen LogP contribution in [0.2, 0.25) is 0 Å². The van der Waals surface area contributed by atoms with Crippen molar-refractivity contribution in [2.45, 2.75) is 38.7 Å². The van der Waals surface area contributed by atoms with Gasteiger partial charge in [0.15, 0.2) is 0 Å². The number of rotatable bonds is 0. The molecule has 0 spiro atoms. The Hall–Kier alpha value is -0.180. The van der Waals surface area contributed by atoms with E-state index in [9.17, 15) is 8.78 Å². The first-order chi connectivity index (χ1) is 7.44. The van der Waals surface area contributed by atoms with Crippen molar-refractivity contribution in [2.24, 2.45) is 29.6 Å². The molecule has 3 heteroatoms. The van der Waals surface area contributed by atoms with Gasteiger partial charge >= 0.3 is 0 Å². The van der Waals surface area contributed by atoms with Crippen molar-refractivity contribution in [2.75, 3.05) is 13.6 Å². The molecule has 0 radical (unpaired) electrons. The highest BCUT2D eigenvalue weighted by Gasteiger charge is 2.65. The highest BCUT2D eigenvalue weighted by molar-refractivity contribution is 5.09. The smallest absolute Gasteiger partial charge is 0.254 e. The van der Waals surface area contributed by atoms with Crippen LogP contribution in [0, 0.1) is 29.6 Å². The first-order valence-corrected chi connectivity index (χ1v) is 6.52. The van der Waals surface area contributed by atoms with E-state index in [1.54, 1.807) is 6.92 Å². The summed E-state index contributed by atoms with van der Waals surface area (Å²) < 4.78 is 28.4. The third-order valence-electron chi connectivity index (χ3n) is 5.81. The van der Waals surface area contributed by atoms with E-state index in [0.29, 0.717) is 12.0 Å². The molecular formula is C13H21F2N. The summed E-state index contributed by atoms with van der Waals surface area (Å²) in [6, 6.07) is 0.344. The Morgan fingerprint density at radius 2 is 1.81 bits per heavy atom. The van der Waals surface area contributed by atoms with E-state index in [0.717, 1.165) is 19.4 Å². The molecule has 4 fully saturated rings. The number of fused-ring (bicyclic) bond motifs is 2. The SMILES string of the molecule is CC1C2CC[C@@H](C3C2CN(C)[C@@H]3C)C1(F)F. The minimum atomic E-state index is -2.41. The summed E-state index contributed by atoms with van der Waals surface area (Å²) in [4.78, 5) is 2.29.